The van der Waals surface area contributed by atoms with Crippen molar-refractivity contribution in [3.63, 3.8) is 0 Å². The molecule has 0 spiro atoms. The van der Waals surface area contributed by atoms with E-state index in [4.69, 9.17) is 0 Å². The van der Waals surface area contributed by atoms with Gasteiger partial charge in [-0.15, -0.1) is 11.8 Å². The van der Waals surface area contributed by atoms with Crippen LogP contribution in [0.3, 0.4) is 0 Å². The number of rotatable bonds is 8. The Kier molecular flexibility index (Phi) is 8.81. The summed E-state index contributed by atoms with van der Waals surface area (Å²) in [7, 11) is 0. The lowest BCUT2D eigenvalue weighted by molar-refractivity contribution is -0.145. The zero-order valence-electron chi connectivity index (χ0n) is 17.3. The Balaban J connectivity index is 2.84. The van der Waals surface area contributed by atoms with Gasteiger partial charge in [0.05, 0.1) is 0 Å². The first kappa shape index (κ1) is 23.8. The topological polar surface area (TPSA) is 108 Å². The van der Waals surface area contributed by atoms with E-state index in [9.17, 15) is 19.5 Å². The van der Waals surface area contributed by atoms with E-state index in [0.29, 0.717) is 12.1 Å². The summed E-state index contributed by atoms with van der Waals surface area (Å²) < 4.78 is 0. The molecule has 1 aromatic rings. The van der Waals surface area contributed by atoms with Crippen molar-refractivity contribution in [3.8, 4) is 0 Å². The molecule has 0 bridgehead atoms. The van der Waals surface area contributed by atoms with E-state index >= 15 is 0 Å². The second-order valence-electron chi connectivity index (χ2n) is 8.15. The summed E-state index contributed by atoms with van der Waals surface area (Å²) in [5.74, 6) is -1.48. The lowest BCUT2D eigenvalue weighted by atomic mass is 9.86. The summed E-state index contributed by atoms with van der Waals surface area (Å²) >= 11 is 1.60. The number of urea groups is 1. The molecule has 2 atom stereocenters. The van der Waals surface area contributed by atoms with Gasteiger partial charge in [-0.25, -0.2) is 9.59 Å². The summed E-state index contributed by atoms with van der Waals surface area (Å²) in [6.07, 6.45) is 2.35. The van der Waals surface area contributed by atoms with E-state index < -0.39 is 35.4 Å². The van der Waals surface area contributed by atoms with E-state index in [1.807, 2.05) is 32.2 Å². The maximum absolute atomic E-state index is 12.7. The summed E-state index contributed by atoms with van der Waals surface area (Å²) in [4.78, 5) is 37.6. The van der Waals surface area contributed by atoms with E-state index in [1.54, 1.807) is 44.7 Å². The van der Waals surface area contributed by atoms with Crippen molar-refractivity contribution < 1.29 is 19.5 Å². The van der Waals surface area contributed by atoms with Crippen LogP contribution in [-0.2, 0) is 9.59 Å². The number of amides is 3. The third-order valence-corrected chi connectivity index (χ3v) is 4.82. The average Bonchev–Trinajstić information content (AvgIpc) is 2.57. The quantitative estimate of drug-likeness (QED) is 0.491. The molecule has 1 rings (SSSR count). The van der Waals surface area contributed by atoms with Gasteiger partial charge in [0.2, 0.25) is 5.91 Å². The molecular formula is C20H31N3O4S. The molecule has 28 heavy (non-hydrogen) atoms. The van der Waals surface area contributed by atoms with Gasteiger partial charge in [-0.3, -0.25) is 4.79 Å². The fraction of sp³-hybridized carbons (Fsp3) is 0.550. The Morgan fingerprint density at radius 3 is 2.07 bits per heavy atom. The van der Waals surface area contributed by atoms with E-state index in [-0.39, 0.29) is 5.92 Å². The van der Waals surface area contributed by atoms with E-state index in [1.165, 1.54) is 0 Å². The van der Waals surface area contributed by atoms with Crippen LogP contribution < -0.4 is 16.0 Å². The lowest BCUT2D eigenvalue weighted by Gasteiger charge is -2.30. The van der Waals surface area contributed by atoms with Crippen LogP contribution in [0, 0.1) is 11.3 Å². The molecule has 156 valence electrons. The number of carbonyl (C=O) groups is 3. The van der Waals surface area contributed by atoms with Gasteiger partial charge in [-0.05, 0) is 48.3 Å². The minimum atomic E-state index is -1.11. The van der Waals surface area contributed by atoms with Crippen molar-refractivity contribution in [1.29, 1.82) is 0 Å². The number of nitrogens with one attached hydrogen (secondary N) is 3. The van der Waals surface area contributed by atoms with Crippen LogP contribution >= 0.6 is 11.8 Å². The number of carboxylic acid groups (broad SMARTS) is 1. The standard InChI is InChI=1S/C20H31N3O4S/c1-12(2)11-15(17(24)23-16(18(25)26)20(3,4)5)22-19(27)21-13-7-9-14(28-6)10-8-13/h7-10,12,15-16H,11H2,1-6H3,(H,23,24)(H,25,26)(H2,21,22,27). The minimum Gasteiger partial charge on any atom is -0.480 e. The highest BCUT2D eigenvalue weighted by molar-refractivity contribution is 7.98. The molecule has 0 heterocycles. The summed E-state index contributed by atoms with van der Waals surface area (Å²) in [6, 6.07) is 4.93. The molecule has 0 fully saturated rings. The summed E-state index contributed by atoms with van der Waals surface area (Å²) in [5, 5.41) is 17.4. The largest absolute Gasteiger partial charge is 0.480 e. The third kappa shape index (κ3) is 7.80. The Morgan fingerprint density at radius 2 is 1.64 bits per heavy atom. The number of anilines is 1. The maximum Gasteiger partial charge on any atom is 0.326 e. The van der Waals surface area contributed by atoms with Gasteiger partial charge in [0, 0.05) is 10.6 Å². The molecule has 7 nitrogen and oxygen atoms in total. The SMILES string of the molecule is CSc1ccc(NC(=O)NC(CC(C)C)C(=O)NC(C(=O)O)C(C)(C)C)cc1. The fourth-order valence-corrected chi connectivity index (χ4v) is 3.00. The van der Waals surface area contributed by atoms with Gasteiger partial charge in [0.25, 0.3) is 0 Å². The number of hydrogen-bond acceptors (Lipinski definition) is 4. The van der Waals surface area contributed by atoms with Gasteiger partial charge < -0.3 is 21.1 Å². The molecule has 3 amide bonds. The number of carboxylic acids is 1. The number of hydrogen-bond donors (Lipinski definition) is 4. The first-order valence-corrected chi connectivity index (χ1v) is 10.4. The normalized spacial score (nSPS) is 13.5. The molecule has 8 heteroatoms. The fourth-order valence-electron chi connectivity index (χ4n) is 2.59. The third-order valence-electron chi connectivity index (χ3n) is 4.08. The average molecular weight is 410 g/mol. The molecule has 0 saturated heterocycles. The number of benzene rings is 1. The Morgan fingerprint density at radius 1 is 1.07 bits per heavy atom. The van der Waals surface area contributed by atoms with Crippen molar-refractivity contribution >= 4 is 35.4 Å². The Bertz CT molecular complexity index is 684. The van der Waals surface area contributed by atoms with Crippen molar-refractivity contribution in [1.82, 2.24) is 10.6 Å². The number of carbonyl (C=O) groups excluding carboxylic acids is 2. The van der Waals surface area contributed by atoms with Crippen molar-refractivity contribution in [2.24, 2.45) is 11.3 Å². The Labute approximate surface area is 171 Å². The summed E-state index contributed by atoms with van der Waals surface area (Å²) in [6.45, 7) is 9.07. The zero-order chi connectivity index (χ0) is 21.5. The predicted molar refractivity (Wildman–Crippen MR) is 113 cm³/mol. The predicted octanol–water partition coefficient (Wildman–Crippen LogP) is 3.56. The van der Waals surface area contributed by atoms with Crippen molar-refractivity contribution in [3.05, 3.63) is 24.3 Å². The van der Waals surface area contributed by atoms with Crippen LogP contribution in [0.25, 0.3) is 0 Å². The molecule has 2 unspecified atom stereocenters. The van der Waals surface area contributed by atoms with Crippen LogP contribution in [0.2, 0.25) is 0 Å². The molecule has 1 aromatic carbocycles. The Hall–Kier alpha value is -2.22. The molecule has 4 N–H and O–H groups in total. The first-order chi connectivity index (χ1) is 12.9. The molecule has 0 aliphatic rings. The molecule has 0 saturated carbocycles. The first-order valence-electron chi connectivity index (χ1n) is 9.18. The monoisotopic (exact) mass is 409 g/mol. The van der Waals surface area contributed by atoms with Gasteiger partial charge in [0.1, 0.15) is 12.1 Å². The van der Waals surface area contributed by atoms with Crippen LogP contribution in [0.5, 0.6) is 0 Å². The zero-order valence-corrected chi connectivity index (χ0v) is 18.1. The van der Waals surface area contributed by atoms with Crippen LogP contribution in [-0.4, -0.2) is 41.4 Å². The highest BCUT2D eigenvalue weighted by Crippen LogP contribution is 2.20. The van der Waals surface area contributed by atoms with Gasteiger partial charge >= 0.3 is 12.0 Å². The van der Waals surface area contributed by atoms with Gasteiger partial charge in [0.15, 0.2) is 0 Å². The van der Waals surface area contributed by atoms with E-state index in [2.05, 4.69) is 16.0 Å². The lowest BCUT2D eigenvalue weighted by Crippen LogP contribution is -2.56. The van der Waals surface area contributed by atoms with E-state index in [0.717, 1.165) is 4.90 Å². The number of aliphatic carboxylic acids is 1. The smallest absolute Gasteiger partial charge is 0.326 e. The molecule has 0 aromatic heterocycles. The molecule has 0 aliphatic heterocycles. The van der Waals surface area contributed by atoms with Crippen molar-refractivity contribution in [2.45, 2.75) is 58.0 Å². The second kappa shape index (κ2) is 10.4. The minimum absolute atomic E-state index is 0.134. The second-order valence-corrected chi connectivity index (χ2v) is 9.03. The summed E-state index contributed by atoms with van der Waals surface area (Å²) in [5.41, 5.74) is -0.0531. The molecule has 0 aliphatic carbocycles. The highest BCUT2D eigenvalue weighted by Gasteiger charge is 2.34. The molecular weight excluding hydrogens is 378 g/mol. The van der Waals surface area contributed by atoms with Crippen LogP contribution in [0.1, 0.15) is 41.0 Å². The van der Waals surface area contributed by atoms with Crippen LogP contribution in [0.4, 0.5) is 10.5 Å². The number of thioether (sulfide) groups is 1. The molecule has 0 radical (unpaired) electrons. The van der Waals surface area contributed by atoms with Crippen LogP contribution in [0.15, 0.2) is 29.2 Å². The van der Waals surface area contributed by atoms with Gasteiger partial charge in [-0.2, -0.15) is 0 Å². The van der Waals surface area contributed by atoms with Crippen molar-refractivity contribution in [2.75, 3.05) is 11.6 Å². The maximum atomic E-state index is 12.7. The van der Waals surface area contributed by atoms with Gasteiger partial charge in [-0.1, -0.05) is 34.6 Å². The highest BCUT2D eigenvalue weighted by atomic mass is 32.2.